The molecule has 0 N–H and O–H groups in total. The Morgan fingerprint density at radius 1 is 1.15 bits per heavy atom. The first-order valence-electron chi connectivity index (χ1n) is 3.46. The van der Waals surface area contributed by atoms with Gasteiger partial charge in [0.2, 0.25) is 0 Å². The van der Waals surface area contributed by atoms with Crippen molar-refractivity contribution in [2.75, 3.05) is 0 Å². The first-order chi connectivity index (χ1) is 6.22. The Morgan fingerprint density at radius 3 is 2.54 bits per heavy atom. The van der Waals surface area contributed by atoms with Crippen molar-refractivity contribution in [3.8, 4) is 5.75 Å². The highest BCUT2D eigenvalue weighted by Gasteiger charge is 2.29. The van der Waals surface area contributed by atoms with Gasteiger partial charge >= 0.3 is 22.4 Å². The lowest BCUT2D eigenvalue weighted by molar-refractivity contribution is 0.0443. The van der Waals surface area contributed by atoms with Gasteiger partial charge in [-0.25, -0.2) is 9.59 Å². The van der Waals surface area contributed by atoms with E-state index < -0.39 is 11.9 Å². The van der Waals surface area contributed by atoms with E-state index in [1.807, 2.05) is 0 Å². The Balaban J connectivity index is 2.58. The van der Waals surface area contributed by atoms with Gasteiger partial charge in [0, 0.05) is 0 Å². The van der Waals surface area contributed by atoms with Crippen molar-refractivity contribution >= 4 is 22.4 Å². The molecule has 0 unspecified atom stereocenters. The minimum atomic E-state index is -0.634. The standard InChI is InChI=1S/C8H3O4Si/c9-7-5-2-1-4(12-13)3-6(5)8(10)11-7/h1-3H. The van der Waals surface area contributed by atoms with E-state index in [0.717, 1.165) is 0 Å². The molecule has 1 heterocycles. The molecule has 63 valence electrons. The number of esters is 2. The van der Waals surface area contributed by atoms with Gasteiger partial charge in [-0.3, -0.25) is 0 Å². The highest BCUT2D eigenvalue weighted by Crippen LogP contribution is 2.24. The van der Waals surface area contributed by atoms with Gasteiger partial charge in [0.15, 0.2) is 0 Å². The second kappa shape index (κ2) is 2.70. The smallest absolute Gasteiger partial charge is 0.347 e. The summed E-state index contributed by atoms with van der Waals surface area (Å²) in [4.78, 5) is 22.0. The molecule has 0 spiro atoms. The largest absolute Gasteiger partial charge is 0.540 e. The molecule has 1 aromatic rings. The average Bonchev–Trinajstić information content (AvgIpc) is 2.42. The van der Waals surface area contributed by atoms with Crippen molar-refractivity contribution in [3.63, 3.8) is 0 Å². The number of rotatable bonds is 1. The second-order valence-electron chi connectivity index (χ2n) is 2.49. The minimum Gasteiger partial charge on any atom is -0.540 e. The quantitative estimate of drug-likeness (QED) is 0.367. The van der Waals surface area contributed by atoms with Crippen molar-refractivity contribution in [2.45, 2.75) is 0 Å². The van der Waals surface area contributed by atoms with Crippen LogP contribution < -0.4 is 4.43 Å². The van der Waals surface area contributed by atoms with Gasteiger partial charge in [0.1, 0.15) is 5.75 Å². The molecular weight excluding hydrogens is 188 g/mol. The summed E-state index contributed by atoms with van der Waals surface area (Å²) in [7, 11) is 2.81. The van der Waals surface area contributed by atoms with Crippen molar-refractivity contribution in [3.05, 3.63) is 29.3 Å². The Morgan fingerprint density at radius 2 is 1.85 bits per heavy atom. The van der Waals surface area contributed by atoms with E-state index in [2.05, 4.69) is 15.2 Å². The van der Waals surface area contributed by atoms with Gasteiger partial charge < -0.3 is 9.16 Å². The fourth-order valence-corrected chi connectivity index (χ4v) is 1.25. The Kier molecular flexibility index (Phi) is 1.66. The SMILES string of the molecule is O=C1OC(=O)c2cc(O[Si])ccc21. The fraction of sp³-hybridized carbons (Fsp3) is 0. The maximum Gasteiger partial charge on any atom is 0.347 e. The van der Waals surface area contributed by atoms with Gasteiger partial charge in [0.05, 0.1) is 11.1 Å². The van der Waals surface area contributed by atoms with E-state index in [1.165, 1.54) is 12.1 Å². The molecule has 0 aliphatic carbocycles. The van der Waals surface area contributed by atoms with Gasteiger partial charge in [0.25, 0.3) is 0 Å². The molecule has 0 saturated heterocycles. The summed E-state index contributed by atoms with van der Waals surface area (Å²) in [6.45, 7) is 0. The van der Waals surface area contributed by atoms with Crippen LogP contribution in [0.5, 0.6) is 5.75 Å². The second-order valence-corrected chi connectivity index (χ2v) is 2.69. The minimum absolute atomic E-state index is 0.237. The van der Waals surface area contributed by atoms with Gasteiger partial charge in [-0.2, -0.15) is 0 Å². The third-order valence-electron chi connectivity index (χ3n) is 1.73. The number of ether oxygens (including phenoxy) is 1. The third kappa shape index (κ3) is 1.13. The summed E-state index contributed by atoms with van der Waals surface area (Å²) in [5, 5.41) is 0. The van der Waals surface area contributed by atoms with E-state index in [0.29, 0.717) is 5.75 Å². The van der Waals surface area contributed by atoms with Gasteiger partial charge in [-0.1, -0.05) is 0 Å². The zero-order chi connectivity index (χ0) is 9.42. The summed E-state index contributed by atoms with van der Waals surface area (Å²) < 4.78 is 9.09. The summed E-state index contributed by atoms with van der Waals surface area (Å²) in [6, 6.07) is 4.49. The van der Waals surface area contributed by atoms with E-state index in [9.17, 15) is 9.59 Å². The molecule has 0 bridgehead atoms. The molecule has 0 fully saturated rings. The number of carbonyl (C=O) groups is 2. The first-order valence-corrected chi connectivity index (χ1v) is 3.87. The van der Waals surface area contributed by atoms with Crippen molar-refractivity contribution in [2.24, 2.45) is 0 Å². The summed E-state index contributed by atoms with van der Waals surface area (Å²) in [5.41, 5.74) is 0.512. The molecule has 4 nitrogen and oxygen atoms in total. The number of hydrogen-bond donors (Lipinski definition) is 0. The molecule has 5 heteroatoms. The lowest BCUT2D eigenvalue weighted by Crippen LogP contribution is -1.96. The molecule has 0 atom stereocenters. The summed E-state index contributed by atoms with van der Waals surface area (Å²) in [5.74, 6) is -0.798. The molecule has 0 aromatic heterocycles. The van der Waals surface area contributed by atoms with Crippen LogP contribution in [-0.4, -0.2) is 22.4 Å². The van der Waals surface area contributed by atoms with E-state index >= 15 is 0 Å². The first kappa shape index (κ1) is 8.00. The van der Waals surface area contributed by atoms with Crippen LogP contribution in [0.15, 0.2) is 18.2 Å². The topological polar surface area (TPSA) is 52.6 Å². The van der Waals surface area contributed by atoms with E-state index in [-0.39, 0.29) is 11.1 Å². The number of fused-ring (bicyclic) bond motifs is 1. The molecule has 0 saturated carbocycles. The van der Waals surface area contributed by atoms with Crippen molar-refractivity contribution < 1.29 is 18.8 Å². The number of benzene rings is 1. The van der Waals surface area contributed by atoms with Crippen LogP contribution in [-0.2, 0) is 4.74 Å². The zero-order valence-corrected chi connectivity index (χ0v) is 7.37. The average molecular weight is 191 g/mol. The molecule has 3 radical (unpaired) electrons. The van der Waals surface area contributed by atoms with Crippen LogP contribution in [0.2, 0.25) is 0 Å². The number of hydrogen-bond acceptors (Lipinski definition) is 4. The maximum absolute atomic E-state index is 11.0. The molecule has 1 aliphatic heterocycles. The van der Waals surface area contributed by atoms with Gasteiger partial charge in [-0.15, -0.1) is 0 Å². The predicted octanol–water partition coefficient (Wildman–Crippen LogP) is 0.459. The predicted molar refractivity (Wildman–Crippen MR) is 42.6 cm³/mol. The highest BCUT2D eigenvalue weighted by atomic mass is 28.2. The van der Waals surface area contributed by atoms with Crippen LogP contribution in [0.25, 0.3) is 0 Å². The van der Waals surface area contributed by atoms with Crippen LogP contribution in [0.1, 0.15) is 20.7 Å². The highest BCUT2D eigenvalue weighted by molar-refractivity contribution is 6.15. The van der Waals surface area contributed by atoms with Gasteiger partial charge in [-0.05, 0) is 18.2 Å². The zero-order valence-electron chi connectivity index (χ0n) is 6.37. The van der Waals surface area contributed by atoms with Crippen LogP contribution in [0.3, 0.4) is 0 Å². The van der Waals surface area contributed by atoms with Crippen LogP contribution >= 0.6 is 0 Å². The monoisotopic (exact) mass is 191 g/mol. The molecule has 0 amide bonds. The lowest BCUT2D eigenvalue weighted by Gasteiger charge is -1.98. The molecule has 2 rings (SSSR count). The van der Waals surface area contributed by atoms with Crippen molar-refractivity contribution in [1.29, 1.82) is 0 Å². The van der Waals surface area contributed by atoms with Crippen molar-refractivity contribution in [1.82, 2.24) is 0 Å². The van der Waals surface area contributed by atoms with E-state index in [4.69, 9.17) is 4.43 Å². The molecule has 13 heavy (non-hydrogen) atoms. The summed E-state index contributed by atoms with van der Waals surface area (Å²) in [6.07, 6.45) is 0. The Hall–Kier alpha value is -1.62. The van der Waals surface area contributed by atoms with E-state index in [1.54, 1.807) is 6.07 Å². The fourth-order valence-electron chi connectivity index (χ4n) is 1.13. The Bertz CT molecular complexity index is 399. The lowest BCUT2D eigenvalue weighted by atomic mass is 10.1. The van der Waals surface area contributed by atoms with Crippen LogP contribution in [0.4, 0.5) is 0 Å². The third-order valence-corrected chi connectivity index (χ3v) is 1.97. The number of carbonyl (C=O) groups excluding carboxylic acids is 2. The summed E-state index contributed by atoms with van der Waals surface area (Å²) >= 11 is 0. The Labute approximate surface area is 77.0 Å². The maximum atomic E-state index is 11.0. The number of cyclic esters (lactones) is 2. The normalized spacial score (nSPS) is 13.9. The molecule has 1 aliphatic rings. The van der Waals surface area contributed by atoms with Crippen LogP contribution in [0, 0.1) is 0 Å². The molecular formula is C8H3O4Si. The molecule has 1 aromatic carbocycles.